The molecule has 0 aromatic carbocycles. The van der Waals surface area contributed by atoms with Crippen LogP contribution in [0.3, 0.4) is 0 Å². The molecule has 0 radical (unpaired) electrons. The summed E-state index contributed by atoms with van der Waals surface area (Å²) in [6.45, 7) is 4.84. The number of phosphoric acid groups is 1. The van der Waals surface area contributed by atoms with Crippen LogP contribution < -0.4 is 5.32 Å². The molecule has 3 unspecified atom stereocenters. The maximum absolute atomic E-state index is 13.0. The van der Waals surface area contributed by atoms with Crippen LogP contribution in [0.5, 0.6) is 0 Å². The molecule has 3 atom stereocenters. The molecule has 80 heavy (non-hydrogen) atoms. The lowest BCUT2D eigenvalue weighted by Crippen LogP contribution is -2.45. The first kappa shape index (κ1) is 78.5. The zero-order valence-electron chi connectivity index (χ0n) is 54.1. The van der Waals surface area contributed by atoms with Gasteiger partial charge in [-0.3, -0.25) is 13.8 Å². The lowest BCUT2D eigenvalue weighted by Gasteiger charge is -2.25. The molecule has 0 fully saturated rings. The van der Waals surface area contributed by atoms with E-state index < -0.39 is 20.0 Å². The summed E-state index contributed by atoms with van der Waals surface area (Å²) in [5, 5.41) is 14.0. The van der Waals surface area contributed by atoms with E-state index >= 15 is 0 Å². The van der Waals surface area contributed by atoms with Crippen molar-refractivity contribution >= 4 is 13.7 Å². The Morgan fingerprint density at radius 1 is 0.425 bits per heavy atom. The van der Waals surface area contributed by atoms with E-state index in [1.165, 1.54) is 283 Å². The average Bonchev–Trinajstić information content (AvgIpc) is 3.42. The number of carbonyl (C=O) groups is 1. The van der Waals surface area contributed by atoms with Crippen molar-refractivity contribution in [2.24, 2.45) is 0 Å². The van der Waals surface area contributed by atoms with Crippen LogP contribution in [0.1, 0.15) is 348 Å². The number of nitrogens with one attached hydrogen (secondary N) is 1. The van der Waals surface area contributed by atoms with E-state index in [9.17, 15) is 19.4 Å². The summed E-state index contributed by atoms with van der Waals surface area (Å²) in [6, 6.07) is -0.864. The molecule has 3 N–H and O–H groups in total. The number of likely N-dealkylation sites (N-methyl/N-ethyl adjacent to an activating group) is 1. The highest BCUT2D eigenvalue weighted by Crippen LogP contribution is 2.43. The molecule has 0 rings (SSSR count). The number of quaternary nitrogens is 1. The molecule has 9 heteroatoms. The van der Waals surface area contributed by atoms with E-state index in [2.05, 4.69) is 55.6 Å². The Kier molecular flexibility index (Phi) is 60.8. The van der Waals surface area contributed by atoms with Crippen LogP contribution in [0.15, 0.2) is 48.6 Å². The standard InChI is InChI=1S/C71H137N2O6P/c1-6-8-10-12-14-16-18-20-22-24-26-28-30-32-33-34-35-36-37-38-39-41-43-45-47-49-51-53-55-57-59-61-63-65-71(75)72-69(68-79-80(76,77)78-67-66-73(3,4)5)70(74)64-62-60-58-56-54-52-50-48-46-44-42-40-31-29-27-25-23-21-19-17-15-13-11-9-7-2/h18,20,24,26,54,56,62,64,69-70,74H,6-17,19,21-23,25,27-53,55,57-61,63,65-68H2,1-5H3,(H-,72,75,76,77)/p+1/b20-18-,26-24-,56-54+,64-62+. The molecule has 472 valence electrons. The molecule has 1 amide bonds. The minimum atomic E-state index is -4.36. The second kappa shape index (κ2) is 62.0. The summed E-state index contributed by atoms with van der Waals surface area (Å²) in [6.07, 6.45) is 84.1. The van der Waals surface area contributed by atoms with Gasteiger partial charge in [-0.2, -0.15) is 0 Å². The van der Waals surface area contributed by atoms with Crippen molar-refractivity contribution in [2.45, 2.75) is 360 Å². The predicted molar refractivity (Wildman–Crippen MR) is 351 cm³/mol. The van der Waals surface area contributed by atoms with Crippen molar-refractivity contribution < 1.29 is 32.9 Å². The van der Waals surface area contributed by atoms with Gasteiger partial charge in [0.15, 0.2) is 0 Å². The smallest absolute Gasteiger partial charge is 0.387 e. The summed E-state index contributed by atoms with van der Waals surface area (Å²) >= 11 is 0. The largest absolute Gasteiger partial charge is 0.472 e. The average molecular weight is 1150 g/mol. The van der Waals surface area contributed by atoms with Crippen molar-refractivity contribution in [3.63, 3.8) is 0 Å². The molecular weight excluding hydrogens is 1010 g/mol. The van der Waals surface area contributed by atoms with Crippen molar-refractivity contribution in [1.29, 1.82) is 0 Å². The van der Waals surface area contributed by atoms with Gasteiger partial charge in [0.1, 0.15) is 13.2 Å². The third-order valence-corrected chi connectivity index (χ3v) is 17.0. The fourth-order valence-electron chi connectivity index (χ4n) is 10.6. The number of aliphatic hydroxyl groups is 1. The summed E-state index contributed by atoms with van der Waals surface area (Å²) in [5.74, 6) is -0.180. The summed E-state index contributed by atoms with van der Waals surface area (Å²) in [5.41, 5.74) is 0. The Labute approximate surface area is 499 Å². The van der Waals surface area contributed by atoms with Crippen LogP contribution in [0, 0.1) is 0 Å². The van der Waals surface area contributed by atoms with Gasteiger partial charge in [-0.15, -0.1) is 0 Å². The molecule has 0 bridgehead atoms. The zero-order chi connectivity index (χ0) is 58.4. The fourth-order valence-corrected chi connectivity index (χ4v) is 11.3. The number of nitrogens with zero attached hydrogens (tertiary/aromatic N) is 1. The van der Waals surface area contributed by atoms with E-state index in [1.807, 2.05) is 27.2 Å². The van der Waals surface area contributed by atoms with Gasteiger partial charge in [0.2, 0.25) is 5.91 Å². The second-order valence-corrected chi connectivity index (χ2v) is 26.7. The van der Waals surface area contributed by atoms with Crippen molar-refractivity contribution in [3.05, 3.63) is 48.6 Å². The molecule has 8 nitrogen and oxygen atoms in total. The normalized spacial score (nSPS) is 13.9. The molecule has 0 heterocycles. The monoisotopic (exact) mass is 1150 g/mol. The van der Waals surface area contributed by atoms with E-state index in [4.69, 9.17) is 9.05 Å². The summed E-state index contributed by atoms with van der Waals surface area (Å²) < 4.78 is 23.8. The number of unbranched alkanes of at least 4 members (excludes halogenated alkanes) is 46. The molecule has 0 aromatic rings. The van der Waals surface area contributed by atoms with Crippen LogP contribution in [-0.4, -0.2) is 73.4 Å². The Morgan fingerprint density at radius 3 is 1.07 bits per heavy atom. The number of allylic oxidation sites excluding steroid dienone is 7. The van der Waals surface area contributed by atoms with Crippen molar-refractivity contribution in [2.75, 3.05) is 40.9 Å². The number of phosphoric ester groups is 1. The number of amides is 1. The van der Waals surface area contributed by atoms with E-state index in [-0.39, 0.29) is 19.1 Å². The van der Waals surface area contributed by atoms with Gasteiger partial charge in [0.25, 0.3) is 0 Å². The second-order valence-electron chi connectivity index (χ2n) is 25.3. The minimum absolute atomic E-state index is 0.0574. The third-order valence-electron chi connectivity index (χ3n) is 16.0. The Bertz CT molecular complexity index is 1440. The van der Waals surface area contributed by atoms with Gasteiger partial charge < -0.3 is 19.8 Å². The molecule has 0 aliphatic rings. The molecule has 0 aliphatic heterocycles. The molecule has 0 aromatic heterocycles. The lowest BCUT2D eigenvalue weighted by molar-refractivity contribution is -0.870. The van der Waals surface area contributed by atoms with Gasteiger partial charge in [0.05, 0.1) is 39.9 Å². The number of rotatable bonds is 65. The highest BCUT2D eigenvalue weighted by molar-refractivity contribution is 7.47. The van der Waals surface area contributed by atoms with Gasteiger partial charge >= 0.3 is 7.82 Å². The van der Waals surface area contributed by atoms with Crippen LogP contribution in [0.2, 0.25) is 0 Å². The summed E-state index contributed by atoms with van der Waals surface area (Å²) in [4.78, 5) is 23.4. The molecule has 0 saturated heterocycles. The molecular formula is C71H138N2O6P+. The van der Waals surface area contributed by atoms with Crippen LogP contribution in [0.25, 0.3) is 0 Å². The number of aliphatic hydroxyl groups excluding tert-OH is 1. The third kappa shape index (κ3) is 64.0. The van der Waals surface area contributed by atoms with Crippen LogP contribution >= 0.6 is 7.82 Å². The number of carbonyl (C=O) groups excluding carboxylic acids is 1. The van der Waals surface area contributed by atoms with Crippen molar-refractivity contribution in [3.8, 4) is 0 Å². The molecule has 0 aliphatic carbocycles. The lowest BCUT2D eigenvalue weighted by atomic mass is 10.0. The maximum atomic E-state index is 13.0. The Hall–Kier alpha value is -1.54. The first-order valence-corrected chi connectivity index (χ1v) is 36.5. The van der Waals surface area contributed by atoms with E-state index in [1.54, 1.807) is 6.08 Å². The predicted octanol–water partition coefficient (Wildman–Crippen LogP) is 22.2. The van der Waals surface area contributed by atoms with Gasteiger partial charge in [0, 0.05) is 6.42 Å². The Balaban J connectivity index is 4.06. The SMILES string of the molecule is CCCCCCC/C=C\C/C=C\CCCCCCCCCCCCCCCCCCCCCCCC(=O)NC(COP(=O)(O)OCC[N+](C)(C)C)C(O)/C=C/CC/C=C/CCCCCCCCCCCCCCCCCCCCC. The minimum Gasteiger partial charge on any atom is -0.387 e. The topological polar surface area (TPSA) is 105 Å². The first-order chi connectivity index (χ1) is 39.0. The van der Waals surface area contributed by atoms with E-state index in [0.717, 1.165) is 44.9 Å². The van der Waals surface area contributed by atoms with Gasteiger partial charge in [-0.1, -0.05) is 326 Å². The highest BCUT2D eigenvalue weighted by Gasteiger charge is 2.28. The molecule has 0 spiro atoms. The van der Waals surface area contributed by atoms with Crippen molar-refractivity contribution in [1.82, 2.24) is 5.32 Å². The van der Waals surface area contributed by atoms with Gasteiger partial charge in [-0.25, -0.2) is 4.57 Å². The molecule has 0 saturated carbocycles. The quantitative estimate of drug-likeness (QED) is 0.0243. The van der Waals surface area contributed by atoms with Crippen LogP contribution in [-0.2, 0) is 18.4 Å². The summed E-state index contributed by atoms with van der Waals surface area (Å²) in [7, 11) is 1.57. The van der Waals surface area contributed by atoms with E-state index in [0.29, 0.717) is 17.4 Å². The number of hydrogen-bond acceptors (Lipinski definition) is 5. The van der Waals surface area contributed by atoms with Gasteiger partial charge in [-0.05, 0) is 64.2 Å². The zero-order valence-corrected chi connectivity index (χ0v) is 55.0. The number of hydrogen-bond donors (Lipinski definition) is 3. The fraction of sp³-hybridized carbons (Fsp3) is 0.873. The maximum Gasteiger partial charge on any atom is 0.472 e. The van der Waals surface area contributed by atoms with Crippen LogP contribution in [0.4, 0.5) is 0 Å². The Morgan fingerprint density at radius 2 is 0.725 bits per heavy atom. The highest BCUT2D eigenvalue weighted by atomic mass is 31.2. The first-order valence-electron chi connectivity index (χ1n) is 35.0.